The summed E-state index contributed by atoms with van der Waals surface area (Å²) < 4.78 is 1.64. The molecule has 1 heterocycles. The van der Waals surface area contributed by atoms with Crippen LogP contribution in [0.2, 0.25) is 0 Å². The molecule has 0 radical (unpaired) electrons. The molecule has 1 fully saturated rings. The minimum atomic E-state index is -0.760. The highest BCUT2D eigenvalue weighted by Gasteiger charge is 2.25. The van der Waals surface area contributed by atoms with E-state index < -0.39 is 5.97 Å². The quantitative estimate of drug-likeness (QED) is 0.838. The predicted octanol–water partition coefficient (Wildman–Crippen LogP) is 3.54. The monoisotopic (exact) mass is 403 g/mol. The van der Waals surface area contributed by atoms with Crippen molar-refractivity contribution in [2.45, 2.75) is 19.3 Å². The maximum Gasteiger partial charge on any atom is 0.303 e. The zero-order valence-corrected chi connectivity index (χ0v) is 14.0. The molecular weight excluding hydrogens is 390 g/mol. The van der Waals surface area contributed by atoms with Crippen LogP contribution in [0.5, 0.6) is 0 Å². The first-order valence-electron chi connectivity index (χ1n) is 6.43. The number of halogens is 2. The maximum atomic E-state index is 12.5. The van der Waals surface area contributed by atoms with Crippen molar-refractivity contribution in [2.75, 3.05) is 13.1 Å². The van der Waals surface area contributed by atoms with Gasteiger partial charge in [0.1, 0.15) is 0 Å². The Kier molecular flexibility index (Phi) is 5.21. The Labute approximate surface area is 134 Å². The first-order chi connectivity index (χ1) is 9.47. The van der Waals surface area contributed by atoms with Crippen LogP contribution < -0.4 is 0 Å². The summed E-state index contributed by atoms with van der Waals surface area (Å²) in [5.41, 5.74) is 0.635. The van der Waals surface area contributed by atoms with Crippen LogP contribution in [0, 0.1) is 5.92 Å². The smallest absolute Gasteiger partial charge is 0.303 e. The summed E-state index contributed by atoms with van der Waals surface area (Å²) >= 11 is 6.76. The van der Waals surface area contributed by atoms with E-state index in [4.69, 9.17) is 5.11 Å². The van der Waals surface area contributed by atoms with Gasteiger partial charge in [0.15, 0.2) is 0 Å². The van der Waals surface area contributed by atoms with Crippen LogP contribution >= 0.6 is 31.9 Å². The largest absolute Gasteiger partial charge is 0.481 e. The van der Waals surface area contributed by atoms with E-state index in [-0.39, 0.29) is 18.2 Å². The molecule has 6 heteroatoms. The molecule has 1 amide bonds. The fourth-order valence-corrected chi connectivity index (χ4v) is 3.20. The van der Waals surface area contributed by atoms with Crippen molar-refractivity contribution in [3.05, 3.63) is 32.7 Å². The Morgan fingerprint density at radius 3 is 2.50 bits per heavy atom. The van der Waals surface area contributed by atoms with Gasteiger partial charge in [-0.3, -0.25) is 9.59 Å². The van der Waals surface area contributed by atoms with Crippen LogP contribution in [-0.2, 0) is 4.79 Å². The predicted molar refractivity (Wildman–Crippen MR) is 82.7 cm³/mol. The van der Waals surface area contributed by atoms with Crippen LogP contribution in [0.25, 0.3) is 0 Å². The fraction of sp³-hybridized carbons (Fsp3) is 0.429. The van der Waals surface area contributed by atoms with Crippen molar-refractivity contribution in [3.8, 4) is 0 Å². The minimum absolute atomic E-state index is 0.00745. The number of carboxylic acids is 1. The number of likely N-dealkylation sites (tertiary alicyclic amines) is 1. The third-order valence-electron chi connectivity index (χ3n) is 3.52. The Balaban J connectivity index is 2.01. The summed E-state index contributed by atoms with van der Waals surface area (Å²) in [6.45, 7) is 1.24. The van der Waals surface area contributed by atoms with Crippen LogP contribution in [0.4, 0.5) is 0 Å². The zero-order chi connectivity index (χ0) is 14.7. The maximum absolute atomic E-state index is 12.5. The van der Waals surface area contributed by atoms with Gasteiger partial charge in [-0.05, 0) is 52.9 Å². The second-order valence-corrected chi connectivity index (χ2v) is 6.73. The molecule has 1 saturated heterocycles. The second-order valence-electron chi connectivity index (χ2n) is 4.96. The highest BCUT2D eigenvalue weighted by Crippen LogP contribution is 2.26. The summed E-state index contributed by atoms with van der Waals surface area (Å²) in [4.78, 5) is 25.0. The average Bonchev–Trinajstić information content (AvgIpc) is 2.41. The van der Waals surface area contributed by atoms with Crippen molar-refractivity contribution in [1.82, 2.24) is 4.90 Å². The third-order valence-corrected chi connectivity index (χ3v) is 4.71. The highest BCUT2D eigenvalue weighted by molar-refractivity contribution is 9.11. The molecule has 1 aliphatic heterocycles. The fourth-order valence-electron chi connectivity index (χ4n) is 2.42. The first kappa shape index (κ1) is 15.5. The SMILES string of the molecule is O=C(O)CC1CCN(C(=O)c2cc(Br)ccc2Br)CC1. The number of nitrogens with zero attached hydrogens (tertiary/aromatic N) is 1. The van der Waals surface area contributed by atoms with Crippen molar-refractivity contribution in [1.29, 1.82) is 0 Å². The number of hydrogen-bond acceptors (Lipinski definition) is 2. The van der Waals surface area contributed by atoms with Gasteiger partial charge in [-0.1, -0.05) is 15.9 Å². The van der Waals surface area contributed by atoms with E-state index in [1.165, 1.54) is 0 Å². The van der Waals surface area contributed by atoms with Gasteiger partial charge in [0, 0.05) is 28.5 Å². The number of piperidine rings is 1. The van der Waals surface area contributed by atoms with Gasteiger partial charge in [0.25, 0.3) is 5.91 Å². The Bertz CT molecular complexity index is 525. The third kappa shape index (κ3) is 3.82. The van der Waals surface area contributed by atoms with E-state index in [1.807, 2.05) is 12.1 Å². The summed E-state index contributed by atoms with van der Waals surface area (Å²) in [6, 6.07) is 5.52. The van der Waals surface area contributed by atoms with E-state index in [9.17, 15) is 9.59 Å². The molecule has 0 spiro atoms. The molecule has 108 valence electrons. The van der Waals surface area contributed by atoms with Gasteiger partial charge in [-0.15, -0.1) is 0 Å². The topological polar surface area (TPSA) is 57.6 Å². The molecule has 20 heavy (non-hydrogen) atoms. The molecule has 1 aromatic rings. The van der Waals surface area contributed by atoms with Gasteiger partial charge < -0.3 is 10.0 Å². The number of hydrogen-bond donors (Lipinski definition) is 1. The van der Waals surface area contributed by atoms with Gasteiger partial charge >= 0.3 is 5.97 Å². The summed E-state index contributed by atoms with van der Waals surface area (Å²) in [5.74, 6) is -0.584. The van der Waals surface area contributed by atoms with Gasteiger partial charge in [-0.25, -0.2) is 0 Å². The number of amides is 1. The Morgan fingerprint density at radius 1 is 1.25 bits per heavy atom. The van der Waals surface area contributed by atoms with E-state index in [2.05, 4.69) is 31.9 Å². The number of carboxylic acid groups (broad SMARTS) is 1. The summed E-state index contributed by atoms with van der Waals surface area (Å²) in [7, 11) is 0. The van der Waals surface area contributed by atoms with Crippen molar-refractivity contribution >= 4 is 43.7 Å². The highest BCUT2D eigenvalue weighted by atomic mass is 79.9. The number of carbonyl (C=O) groups is 2. The Hall–Kier alpha value is -0.880. The summed E-state index contributed by atoms with van der Waals surface area (Å²) in [6.07, 6.45) is 1.70. The van der Waals surface area contributed by atoms with Crippen molar-refractivity contribution in [2.24, 2.45) is 5.92 Å². The molecule has 4 nitrogen and oxygen atoms in total. The standard InChI is InChI=1S/C14H15Br2NO3/c15-10-1-2-12(16)11(8-10)14(20)17-5-3-9(4-6-17)7-13(18)19/h1-2,8-9H,3-7H2,(H,18,19). The van der Waals surface area contributed by atoms with Crippen molar-refractivity contribution in [3.63, 3.8) is 0 Å². The first-order valence-corrected chi connectivity index (χ1v) is 8.02. The molecule has 0 saturated carbocycles. The molecule has 1 aliphatic rings. The lowest BCUT2D eigenvalue weighted by molar-refractivity contribution is -0.138. The van der Waals surface area contributed by atoms with Crippen molar-refractivity contribution < 1.29 is 14.7 Å². The summed E-state index contributed by atoms with van der Waals surface area (Å²) in [5, 5.41) is 8.79. The molecular formula is C14H15Br2NO3. The average molecular weight is 405 g/mol. The molecule has 0 aliphatic carbocycles. The van der Waals surface area contributed by atoms with E-state index in [1.54, 1.807) is 11.0 Å². The van der Waals surface area contributed by atoms with Crippen LogP contribution in [0.1, 0.15) is 29.6 Å². The lowest BCUT2D eigenvalue weighted by atomic mass is 9.93. The van der Waals surface area contributed by atoms with E-state index in [0.717, 1.165) is 21.8 Å². The van der Waals surface area contributed by atoms with Gasteiger partial charge in [-0.2, -0.15) is 0 Å². The van der Waals surface area contributed by atoms with Gasteiger partial charge in [0.05, 0.1) is 5.56 Å². The lowest BCUT2D eigenvalue weighted by Crippen LogP contribution is -2.39. The lowest BCUT2D eigenvalue weighted by Gasteiger charge is -2.31. The van der Waals surface area contributed by atoms with Gasteiger partial charge in [0.2, 0.25) is 0 Å². The van der Waals surface area contributed by atoms with Crippen LogP contribution in [-0.4, -0.2) is 35.0 Å². The van der Waals surface area contributed by atoms with E-state index in [0.29, 0.717) is 18.7 Å². The van der Waals surface area contributed by atoms with E-state index >= 15 is 0 Å². The molecule has 0 aromatic heterocycles. The molecule has 2 rings (SSSR count). The minimum Gasteiger partial charge on any atom is -0.481 e. The normalized spacial score (nSPS) is 16.2. The number of carbonyl (C=O) groups excluding carboxylic acids is 1. The molecule has 1 N–H and O–H groups in total. The number of aliphatic carboxylic acids is 1. The number of rotatable bonds is 3. The second kappa shape index (κ2) is 6.72. The zero-order valence-electron chi connectivity index (χ0n) is 10.8. The molecule has 0 atom stereocenters. The molecule has 0 bridgehead atoms. The van der Waals surface area contributed by atoms with Crippen LogP contribution in [0.15, 0.2) is 27.1 Å². The van der Waals surface area contributed by atoms with Crippen LogP contribution in [0.3, 0.4) is 0 Å². The molecule has 0 unspecified atom stereocenters. The number of benzene rings is 1. The Morgan fingerprint density at radius 2 is 1.90 bits per heavy atom. The molecule has 1 aromatic carbocycles.